The Bertz CT molecular complexity index is 581. The van der Waals surface area contributed by atoms with E-state index in [2.05, 4.69) is 0 Å². The number of nitro benzene ring substituents is 2. The maximum Gasteiger partial charge on any atom is 1.00 e. The Kier molecular flexibility index (Phi) is 5.65. The van der Waals surface area contributed by atoms with Crippen molar-refractivity contribution in [2.24, 2.45) is 0 Å². The van der Waals surface area contributed by atoms with Gasteiger partial charge in [-0.15, -0.1) is 0 Å². The molecule has 0 amide bonds. The molecule has 0 aliphatic carbocycles. The molecule has 12 heteroatoms. The van der Waals surface area contributed by atoms with Gasteiger partial charge in [0.2, 0.25) is 0 Å². The van der Waals surface area contributed by atoms with E-state index in [9.17, 15) is 33.2 Å². The van der Waals surface area contributed by atoms with Crippen molar-refractivity contribution in [2.75, 3.05) is 0 Å². The van der Waals surface area contributed by atoms with Gasteiger partial charge in [-0.2, -0.15) is 0 Å². The van der Waals surface area contributed by atoms with Gasteiger partial charge in [0.15, 0.2) is 5.02 Å². The molecule has 0 aromatic heterocycles. The third-order valence-corrected chi connectivity index (χ3v) is 2.89. The molecule has 18 heavy (non-hydrogen) atoms. The standard InChI is InChI=1S/C6H3ClN2O7S.Na/c7-6-4(8(10)11)1-3(17(14,15)16)2-5(6)9(12)13;/h1-2H,(H,14,15,16);/q;+1/p-1. The maximum atomic E-state index is 10.6. The van der Waals surface area contributed by atoms with Gasteiger partial charge in [-0.25, -0.2) is 8.42 Å². The molecule has 0 saturated heterocycles. The van der Waals surface area contributed by atoms with Crippen LogP contribution in [0.15, 0.2) is 17.0 Å². The fraction of sp³-hybridized carbons (Fsp3) is 0. The van der Waals surface area contributed by atoms with Crippen LogP contribution >= 0.6 is 11.6 Å². The Labute approximate surface area is 127 Å². The van der Waals surface area contributed by atoms with Crippen molar-refractivity contribution >= 4 is 33.1 Å². The molecule has 0 bridgehead atoms. The van der Waals surface area contributed by atoms with E-state index in [1.807, 2.05) is 0 Å². The van der Waals surface area contributed by atoms with Crippen molar-refractivity contribution in [1.82, 2.24) is 0 Å². The van der Waals surface area contributed by atoms with Crippen LogP contribution in [0.3, 0.4) is 0 Å². The number of rotatable bonds is 3. The molecule has 1 rings (SSSR count). The van der Waals surface area contributed by atoms with E-state index in [-0.39, 0.29) is 29.6 Å². The molecule has 0 atom stereocenters. The SMILES string of the molecule is O=[N+]([O-])c1cc(S(=O)(=O)[O-])cc([N+](=O)[O-])c1Cl.[Na+]. The molecule has 0 unspecified atom stereocenters. The minimum absolute atomic E-state index is 0. The van der Waals surface area contributed by atoms with Crippen LogP contribution < -0.4 is 29.6 Å². The summed E-state index contributed by atoms with van der Waals surface area (Å²) in [5, 5.41) is 20.1. The van der Waals surface area contributed by atoms with Crippen molar-refractivity contribution < 1.29 is 52.4 Å². The van der Waals surface area contributed by atoms with Crippen LogP contribution in [0.1, 0.15) is 0 Å². The predicted molar refractivity (Wildman–Crippen MR) is 52.7 cm³/mol. The molecule has 92 valence electrons. The molecule has 0 heterocycles. The Hall–Kier alpha value is -0.780. The van der Waals surface area contributed by atoms with Gasteiger partial charge in [-0.3, -0.25) is 20.2 Å². The molecule has 0 fully saturated rings. The molecular formula is C6H2ClN2NaO7S. The molecule has 0 aliphatic rings. The number of nitrogens with zero attached hydrogens (tertiary/aromatic N) is 2. The van der Waals surface area contributed by atoms with Crippen LogP contribution in [-0.2, 0) is 10.1 Å². The molecular weight excluding hydrogens is 303 g/mol. The summed E-state index contributed by atoms with van der Waals surface area (Å²) in [4.78, 5) is 17.6. The van der Waals surface area contributed by atoms with Gasteiger partial charge in [0.25, 0.3) is 11.4 Å². The zero-order valence-corrected chi connectivity index (χ0v) is 12.3. The summed E-state index contributed by atoms with van der Waals surface area (Å²) >= 11 is 5.34. The summed E-state index contributed by atoms with van der Waals surface area (Å²) in [6, 6.07) is 0.745. The average molecular weight is 305 g/mol. The third kappa shape index (κ3) is 3.60. The smallest absolute Gasteiger partial charge is 0.744 e. The average Bonchev–Trinajstić information content (AvgIpc) is 2.14. The van der Waals surface area contributed by atoms with E-state index in [0.29, 0.717) is 12.1 Å². The number of hydrogen-bond donors (Lipinski definition) is 0. The maximum absolute atomic E-state index is 10.6. The molecule has 0 aliphatic heterocycles. The molecule has 0 spiro atoms. The van der Waals surface area contributed by atoms with Crippen molar-refractivity contribution in [3.05, 3.63) is 37.4 Å². The number of nitro groups is 2. The van der Waals surface area contributed by atoms with Crippen LogP contribution in [0.2, 0.25) is 5.02 Å². The third-order valence-electron chi connectivity index (χ3n) is 1.69. The quantitative estimate of drug-likeness (QED) is 0.273. The summed E-state index contributed by atoms with van der Waals surface area (Å²) < 4.78 is 31.9. The Balaban J connectivity index is 0.00000289. The summed E-state index contributed by atoms with van der Waals surface area (Å²) in [6.45, 7) is 0. The first-order valence-corrected chi connectivity index (χ1v) is 5.51. The molecule has 9 nitrogen and oxygen atoms in total. The second kappa shape index (κ2) is 5.91. The zero-order valence-electron chi connectivity index (χ0n) is 8.69. The van der Waals surface area contributed by atoms with Gasteiger partial charge >= 0.3 is 29.6 Å². The van der Waals surface area contributed by atoms with Crippen LogP contribution in [0.25, 0.3) is 0 Å². The number of hydrogen-bond acceptors (Lipinski definition) is 7. The van der Waals surface area contributed by atoms with Crippen molar-refractivity contribution in [2.45, 2.75) is 4.90 Å². The summed E-state index contributed by atoms with van der Waals surface area (Å²) in [5.41, 5.74) is -2.04. The second-order valence-corrected chi connectivity index (χ2v) is 4.50. The van der Waals surface area contributed by atoms with Crippen LogP contribution in [0, 0.1) is 20.2 Å². The van der Waals surface area contributed by atoms with Crippen molar-refractivity contribution in [3.63, 3.8) is 0 Å². The van der Waals surface area contributed by atoms with Gasteiger partial charge in [0.05, 0.1) is 14.7 Å². The van der Waals surface area contributed by atoms with E-state index >= 15 is 0 Å². The molecule has 0 saturated carbocycles. The van der Waals surface area contributed by atoms with Gasteiger partial charge in [-0.1, -0.05) is 11.6 Å². The van der Waals surface area contributed by atoms with Crippen molar-refractivity contribution in [1.29, 1.82) is 0 Å². The normalized spacial score (nSPS) is 10.6. The first-order valence-electron chi connectivity index (χ1n) is 3.73. The fourth-order valence-corrected chi connectivity index (χ4v) is 1.74. The summed E-state index contributed by atoms with van der Waals surface area (Å²) in [7, 11) is -5.05. The summed E-state index contributed by atoms with van der Waals surface area (Å²) in [6.07, 6.45) is 0. The van der Waals surface area contributed by atoms with Gasteiger partial charge in [0.1, 0.15) is 10.1 Å². The van der Waals surface area contributed by atoms with E-state index in [0.717, 1.165) is 0 Å². The van der Waals surface area contributed by atoms with Crippen LogP contribution in [-0.4, -0.2) is 22.8 Å². The number of benzene rings is 1. The van der Waals surface area contributed by atoms with E-state index < -0.39 is 41.3 Å². The van der Waals surface area contributed by atoms with Gasteiger partial charge in [-0.05, 0) is 0 Å². The largest absolute Gasteiger partial charge is 1.00 e. The summed E-state index contributed by atoms with van der Waals surface area (Å²) in [5.74, 6) is 0. The van der Waals surface area contributed by atoms with E-state index in [4.69, 9.17) is 11.6 Å². The van der Waals surface area contributed by atoms with E-state index in [1.165, 1.54) is 0 Å². The fourth-order valence-electron chi connectivity index (χ4n) is 0.979. The predicted octanol–water partition coefficient (Wildman–Crippen LogP) is -1.94. The van der Waals surface area contributed by atoms with E-state index in [1.54, 1.807) is 0 Å². The first kappa shape index (κ1) is 17.2. The first-order chi connectivity index (χ1) is 7.64. The topological polar surface area (TPSA) is 143 Å². The second-order valence-electron chi connectivity index (χ2n) is 2.74. The molecule has 0 radical (unpaired) electrons. The monoisotopic (exact) mass is 304 g/mol. The Morgan fingerprint density at radius 2 is 1.39 bits per heavy atom. The Morgan fingerprint density at radius 1 is 1.06 bits per heavy atom. The molecule has 1 aromatic rings. The Morgan fingerprint density at radius 3 is 1.61 bits per heavy atom. The zero-order chi connectivity index (χ0) is 13.4. The minimum atomic E-state index is -5.05. The minimum Gasteiger partial charge on any atom is -0.744 e. The van der Waals surface area contributed by atoms with Crippen LogP contribution in [0.4, 0.5) is 11.4 Å². The molecule has 1 aromatic carbocycles. The van der Waals surface area contributed by atoms with Crippen molar-refractivity contribution in [3.8, 4) is 0 Å². The molecule has 0 N–H and O–H groups in total. The van der Waals surface area contributed by atoms with Gasteiger partial charge in [0, 0.05) is 12.1 Å². The number of halogens is 1. The van der Waals surface area contributed by atoms with Crippen LogP contribution in [0.5, 0.6) is 0 Å². The van der Waals surface area contributed by atoms with Gasteiger partial charge < -0.3 is 4.55 Å².